The summed E-state index contributed by atoms with van der Waals surface area (Å²) >= 11 is 5.32. The summed E-state index contributed by atoms with van der Waals surface area (Å²) in [6.45, 7) is 6.39. The minimum atomic E-state index is -3.42. The first-order valence-electron chi connectivity index (χ1n) is 8.28. The molecule has 0 bridgehead atoms. The van der Waals surface area contributed by atoms with Gasteiger partial charge >= 0.3 is 0 Å². The van der Waals surface area contributed by atoms with E-state index in [4.69, 9.17) is 12.2 Å². The van der Waals surface area contributed by atoms with Gasteiger partial charge in [-0.1, -0.05) is 12.1 Å². The molecule has 2 aliphatic rings. The Kier molecular flexibility index (Phi) is 5.22. The lowest BCUT2D eigenvalue weighted by molar-refractivity contribution is 0.264. The molecule has 0 spiro atoms. The molecule has 1 N–H and O–H groups in total. The molecule has 1 aliphatic carbocycles. The number of sulfonamides is 1. The number of hydrogen-bond donors (Lipinski definition) is 1. The highest BCUT2D eigenvalue weighted by Crippen LogP contribution is 2.26. The first-order chi connectivity index (χ1) is 11.5. The topological polar surface area (TPSA) is 52.6 Å². The van der Waals surface area contributed by atoms with Crippen molar-refractivity contribution < 1.29 is 8.42 Å². The Morgan fingerprint density at radius 2 is 1.92 bits per heavy atom. The maximum atomic E-state index is 12.9. The van der Waals surface area contributed by atoms with E-state index in [-0.39, 0.29) is 0 Å². The molecule has 1 fully saturated rings. The average Bonchev–Trinajstić information content (AvgIpc) is 3.07. The normalized spacial score (nSPS) is 18.2. The van der Waals surface area contributed by atoms with Crippen LogP contribution in [0.15, 0.2) is 35.7 Å². The minimum Gasteiger partial charge on any atom is -0.359 e. The number of aryl methyl sites for hydroxylation is 2. The van der Waals surface area contributed by atoms with Gasteiger partial charge in [-0.15, -0.1) is 6.58 Å². The number of nitrogens with one attached hydrogen (secondary N) is 1. The van der Waals surface area contributed by atoms with Gasteiger partial charge in [-0.05, 0) is 54.7 Å². The molecule has 3 rings (SSSR count). The Morgan fingerprint density at radius 1 is 1.21 bits per heavy atom. The fourth-order valence-electron chi connectivity index (χ4n) is 3.26. The molecule has 130 valence electrons. The van der Waals surface area contributed by atoms with Crippen LogP contribution in [0.4, 0.5) is 0 Å². The standard InChI is InChI=1S/C17H23N3O2S2/c1-2-8-18-17(23)19-9-11-20(12-10-19)24(21,22)16-7-6-14-4-3-5-15(14)13-16/h2,6-7,13H,1,3-5,8-12H2,(H,18,23). The van der Waals surface area contributed by atoms with Crippen molar-refractivity contribution in [1.29, 1.82) is 0 Å². The van der Waals surface area contributed by atoms with Crippen LogP contribution in [0.3, 0.4) is 0 Å². The van der Waals surface area contributed by atoms with E-state index in [2.05, 4.69) is 11.9 Å². The molecule has 0 aromatic heterocycles. The Hall–Kier alpha value is -1.44. The highest BCUT2D eigenvalue weighted by molar-refractivity contribution is 7.89. The van der Waals surface area contributed by atoms with Crippen molar-refractivity contribution >= 4 is 27.4 Å². The summed E-state index contributed by atoms with van der Waals surface area (Å²) in [5.41, 5.74) is 2.47. The third-order valence-corrected chi connectivity index (χ3v) is 6.93. The summed E-state index contributed by atoms with van der Waals surface area (Å²) in [5, 5.41) is 3.74. The van der Waals surface area contributed by atoms with Crippen LogP contribution in [-0.4, -0.2) is 55.5 Å². The molecule has 0 saturated carbocycles. The molecule has 1 aliphatic heterocycles. The summed E-state index contributed by atoms with van der Waals surface area (Å²) in [7, 11) is -3.42. The Morgan fingerprint density at radius 3 is 2.62 bits per heavy atom. The second-order valence-corrected chi connectivity index (χ2v) is 8.47. The monoisotopic (exact) mass is 365 g/mol. The number of hydrogen-bond acceptors (Lipinski definition) is 3. The van der Waals surface area contributed by atoms with E-state index < -0.39 is 10.0 Å². The van der Waals surface area contributed by atoms with Crippen LogP contribution in [0.2, 0.25) is 0 Å². The van der Waals surface area contributed by atoms with Gasteiger partial charge in [0.15, 0.2) is 5.11 Å². The molecule has 24 heavy (non-hydrogen) atoms. The fraction of sp³-hybridized carbons (Fsp3) is 0.471. The van der Waals surface area contributed by atoms with Crippen molar-refractivity contribution in [3.63, 3.8) is 0 Å². The molecule has 7 heteroatoms. The number of piperazine rings is 1. The summed E-state index contributed by atoms with van der Waals surface area (Å²) < 4.78 is 27.3. The zero-order valence-corrected chi connectivity index (χ0v) is 15.3. The number of thiocarbonyl (C=S) groups is 1. The molecule has 1 aromatic rings. The van der Waals surface area contributed by atoms with Crippen molar-refractivity contribution in [3.8, 4) is 0 Å². The van der Waals surface area contributed by atoms with Gasteiger partial charge in [0, 0.05) is 32.7 Å². The molecule has 0 radical (unpaired) electrons. The van der Waals surface area contributed by atoms with E-state index in [0.29, 0.717) is 42.7 Å². The molecule has 1 saturated heterocycles. The van der Waals surface area contributed by atoms with E-state index in [1.165, 1.54) is 11.1 Å². The molecule has 0 amide bonds. The quantitative estimate of drug-likeness (QED) is 0.648. The SMILES string of the molecule is C=CCNC(=S)N1CCN(S(=O)(=O)c2ccc3c(c2)CCC3)CC1. The lowest BCUT2D eigenvalue weighted by Gasteiger charge is -2.35. The average molecular weight is 366 g/mol. The third kappa shape index (κ3) is 3.48. The van der Waals surface area contributed by atoms with Gasteiger partial charge in [-0.25, -0.2) is 8.42 Å². The predicted octanol–water partition coefficient (Wildman–Crippen LogP) is 1.54. The molecule has 0 unspecified atom stereocenters. The van der Waals surface area contributed by atoms with Crippen molar-refractivity contribution in [2.45, 2.75) is 24.2 Å². The maximum absolute atomic E-state index is 12.9. The molecular weight excluding hydrogens is 342 g/mol. The number of nitrogens with zero attached hydrogens (tertiary/aromatic N) is 2. The van der Waals surface area contributed by atoms with Gasteiger partial charge in [0.1, 0.15) is 0 Å². The minimum absolute atomic E-state index is 0.420. The van der Waals surface area contributed by atoms with E-state index in [1.807, 2.05) is 17.0 Å². The number of benzene rings is 1. The second-order valence-electron chi connectivity index (χ2n) is 6.15. The van der Waals surface area contributed by atoms with Crippen molar-refractivity contribution in [3.05, 3.63) is 42.0 Å². The van der Waals surface area contributed by atoms with Crippen molar-refractivity contribution in [2.24, 2.45) is 0 Å². The first kappa shape index (κ1) is 17.4. The zero-order chi connectivity index (χ0) is 17.2. The lowest BCUT2D eigenvalue weighted by atomic mass is 10.1. The van der Waals surface area contributed by atoms with Crippen LogP contribution in [0.5, 0.6) is 0 Å². The van der Waals surface area contributed by atoms with E-state index >= 15 is 0 Å². The van der Waals surface area contributed by atoms with Gasteiger partial charge in [0.25, 0.3) is 0 Å². The molecule has 0 atom stereocenters. The van der Waals surface area contributed by atoms with Crippen LogP contribution in [0.25, 0.3) is 0 Å². The van der Waals surface area contributed by atoms with Crippen LogP contribution in [0, 0.1) is 0 Å². The van der Waals surface area contributed by atoms with Crippen LogP contribution in [-0.2, 0) is 22.9 Å². The maximum Gasteiger partial charge on any atom is 0.243 e. The first-order valence-corrected chi connectivity index (χ1v) is 10.1. The highest BCUT2D eigenvalue weighted by Gasteiger charge is 2.29. The van der Waals surface area contributed by atoms with Crippen molar-refractivity contribution in [1.82, 2.24) is 14.5 Å². The Bertz CT molecular complexity index is 738. The van der Waals surface area contributed by atoms with Crippen LogP contribution < -0.4 is 5.32 Å². The van der Waals surface area contributed by atoms with Gasteiger partial charge < -0.3 is 10.2 Å². The smallest absolute Gasteiger partial charge is 0.243 e. The fourth-order valence-corrected chi connectivity index (χ4v) is 5.00. The second kappa shape index (κ2) is 7.21. The summed E-state index contributed by atoms with van der Waals surface area (Å²) in [6.07, 6.45) is 4.91. The molecule has 1 aromatic carbocycles. The largest absolute Gasteiger partial charge is 0.359 e. The zero-order valence-electron chi connectivity index (χ0n) is 13.7. The van der Waals surface area contributed by atoms with Gasteiger partial charge in [0.05, 0.1) is 4.90 Å². The Balaban J connectivity index is 1.67. The Labute approximate surface area is 149 Å². The lowest BCUT2D eigenvalue weighted by Crippen LogP contribution is -2.53. The summed E-state index contributed by atoms with van der Waals surface area (Å²) in [5.74, 6) is 0. The van der Waals surface area contributed by atoms with E-state index in [0.717, 1.165) is 19.3 Å². The third-order valence-electron chi connectivity index (χ3n) is 4.63. The number of rotatable bonds is 4. The molecular formula is C17H23N3O2S2. The van der Waals surface area contributed by atoms with Crippen LogP contribution in [0.1, 0.15) is 17.5 Å². The summed E-state index contributed by atoms with van der Waals surface area (Å²) in [4.78, 5) is 2.43. The van der Waals surface area contributed by atoms with E-state index in [9.17, 15) is 8.42 Å². The predicted molar refractivity (Wildman–Crippen MR) is 99.6 cm³/mol. The van der Waals surface area contributed by atoms with Gasteiger partial charge in [0.2, 0.25) is 10.0 Å². The molecule has 1 heterocycles. The van der Waals surface area contributed by atoms with E-state index in [1.54, 1.807) is 16.4 Å². The van der Waals surface area contributed by atoms with Crippen molar-refractivity contribution in [2.75, 3.05) is 32.7 Å². The number of fused-ring (bicyclic) bond motifs is 1. The van der Waals surface area contributed by atoms with Gasteiger partial charge in [-0.2, -0.15) is 4.31 Å². The highest BCUT2D eigenvalue weighted by atomic mass is 32.2. The summed E-state index contributed by atoms with van der Waals surface area (Å²) in [6, 6.07) is 5.59. The van der Waals surface area contributed by atoms with Crippen LogP contribution >= 0.6 is 12.2 Å². The van der Waals surface area contributed by atoms with Gasteiger partial charge in [-0.3, -0.25) is 0 Å². The molecule has 5 nitrogen and oxygen atoms in total.